The second-order valence-corrected chi connectivity index (χ2v) is 5.91. The molecule has 2 N–H and O–H groups in total. The lowest BCUT2D eigenvalue weighted by Gasteiger charge is -2.18. The monoisotopic (exact) mass is 359 g/mol. The van der Waals surface area contributed by atoms with Gasteiger partial charge in [-0.1, -0.05) is 12.1 Å². The highest BCUT2D eigenvalue weighted by Crippen LogP contribution is 2.32. The Morgan fingerprint density at radius 2 is 2.12 bits per heavy atom. The number of hydrogen-bond donors (Lipinski definition) is 2. The molecule has 0 saturated heterocycles. The minimum Gasteiger partial charge on any atom is -0.493 e. The molecule has 0 radical (unpaired) electrons. The number of halogens is 1. The fourth-order valence-electron chi connectivity index (χ4n) is 2.81. The molecule has 0 bridgehead atoms. The minimum absolute atomic E-state index is 0.298. The van der Waals surface area contributed by atoms with Crippen molar-refractivity contribution >= 4 is 11.9 Å². The lowest BCUT2D eigenvalue weighted by Crippen LogP contribution is -2.28. The van der Waals surface area contributed by atoms with Gasteiger partial charge in [0.15, 0.2) is 6.61 Å². The van der Waals surface area contributed by atoms with Crippen molar-refractivity contribution in [2.75, 3.05) is 13.2 Å². The normalized spacial score (nSPS) is 16.0. The fourth-order valence-corrected chi connectivity index (χ4v) is 2.81. The predicted octanol–water partition coefficient (Wildman–Crippen LogP) is 2.93. The van der Waals surface area contributed by atoms with Crippen LogP contribution in [0.4, 0.5) is 4.39 Å². The van der Waals surface area contributed by atoms with Crippen LogP contribution in [0, 0.1) is 5.82 Å². The first-order valence-corrected chi connectivity index (χ1v) is 8.20. The van der Waals surface area contributed by atoms with Crippen LogP contribution in [-0.2, 0) is 4.79 Å². The highest BCUT2D eigenvalue weighted by molar-refractivity contribution is 5.94. The van der Waals surface area contributed by atoms with Gasteiger partial charge in [0.05, 0.1) is 12.6 Å². The molecule has 1 atom stereocenters. The average molecular weight is 359 g/mol. The Morgan fingerprint density at radius 3 is 2.92 bits per heavy atom. The number of ether oxygens (including phenoxy) is 2. The molecule has 0 fully saturated rings. The van der Waals surface area contributed by atoms with Crippen LogP contribution in [0.25, 0.3) is 0 Å². The van der Waals surface area contributed by atoms with Crippen molar-refractivity contribution in [3.05, 3.63) is 59.4 Å². The van der Waals surface area contributed by atoms with Gasteiger partial charge < -0.3 is 19.9 Å². The van der Waals surface area contributed by atoms with Crippen LogP contribution < -0.4 is 14.8 Å². The van der Waals surface area contributed by atoms with Crippen LogP contribution in [0.3, 0.4) is 0 Å². The molecule has 26 heavy (non-hydrogen) atoms. The summed E-state index contributed by atoms with van der Waals surface area (Å²) in [5, 5.41) is 11.6. The molecule has 7 heteroatoms. The molecule has 2 aromatic carbocycles. The highest BCUT2D eigenvalue weighted by Gasteiger charge is 2.22. The summed E-state index contributed by atoms with van der Waals surface area (Å²) in [5.41, 5.74) is 1.08. The van der Waals surface area contributed by atoms with Crippen molar-refractivity contribution in [1.82, 2.24) is 5.32 Å². The zero-order chi connectivity index (χ0) is 18.5. The van der Waals surface area contributed by atoms with E-state index in [0.29, 0.717) is 30.1 Å². The standard InChI is InChI=1S/C19H18FNO5/c20-13-6-7-15-16(5-2-8-25-17(15)10-13)21-19(24)12-3-1-4-14(9-12)26-11-18(22)23/h1,3-4,6-7,9-10,16H,2,5,8,11H2,(H,21,24)(H,22,23). The summed E-state index contributed by atoms with van der Waals surface area (Å²) in [5.74, 6) is -1.08. The van der Waals surface area contributed by atoms with E-state index in [9.17, 15) is 14.0 Å². The van der Waals surface area contributed by atoms with Crippen molar-refractivity contribution in [3.63, 3.8) is 0 Å². The first-order valence-electron chi connectivity index (χ1n) is 8.20. The van der Waals surface area contributed by atoms with Crippen molar-refractivity contribution in [2.45, 2.75) is 18.9 Å². The molecular formula is C19H18FNO5. The Kier molecular flexibility index (Phi) is 5.36. The third-order valence-electron chi connectivity index (χ3n) is 4.01. The van der Waals surface area contributed by atoms with Crippen LogP contribution in [-0.4, -0.2) is 30.2 Å². The lowest BCUT2D eigenvalue weighted by molar-refractivity contribution is -0.139. The van der Waals surface area contributed by atoms with Crippen LogP contribution in [0.1, 0.15) is 34.8 Å². The third-order valence-corrected chi connectivity index (χ3v) is 4.01. The molecule has 0 aromatic heterocycles. The lowest BCUT2D eigenvalue weighted by atomic mass is 10.0. The van der Waals surface area contributed by atoms with E-state index in [0.717, 1.165) is 12.0 Å². The Morgan fingerprint density at radius 1 is 1.27 bits per heavy atom. The van der Waals surface area contributed by atoms with E-state index in [2.05, 4.69) is 5.32 Å². The zero-order valence-corrected chi connectivity index (χ0v) is 13.9. The second-order valence-electron chi connectivity index (χ2n) is 5.91. The molecule has 1 unspecified atom stereocenters. The number of benzene rings is 2. The number of carbonyl (C=O) groups is 2. The van der Waals surface area contributed by atoms with E-state index in [4.69, 9.17) is 14.6 Å². The highest BCUT2D eigenvalue weighted by atomic mass is 19.1. The number of carboxylic acid groups (broad SMARTS) is 1. The van der Waals surface area contributed by atoms with Gasteiger partial charge in [0, 0.05) is 17.2 Å². The van der Waals surface area contributed by atoms with Gasteiger partial charge in [-0.15, -0.1) is 0 Å². The number of aliphatic carboxylic acids is 1. The van der Waals surface area contributed by atoms with Crippen LogP contribution in [0.15, 0.2) is 42.5 Å². The van der Waals surface area contributed by atoms with Gasteiger partial charge in [0.1, 0.15) is 17.3 Å². The molecule has 3 rings (SSSR count). The number of fused-ring (bicyclic) bond motifs is 1. The van der Waals surface area contributed by atoms with Crippen molar-refractivity contribution in [2.24, 2.45) is 0 Å². The van der Waals surface area contributed by atoms with Gasteiger partial charge in [0.25, 0.3) is 5.91 Å². The van der Waals surface area contributed by atoms with Crippen LogP contribution in [0.5, 0.6) is 11.5 Å². The second kappa shape index (κ2) is 7.86. The number of hydrogen-bond acceptors (Lipinski definition) is 4. The van der Waals surface area contributed by atoms with E-state index >= 15 is 0 Å². The third kappa shape index (κ3) is 4.30. The van der Waals surface area contributed by atoms with Gasteiger partial charge in [-0.2, -0.15) is 0 Å². The smallest absolute Gasteiger partial charge is 0.341 e. The fraction of sp³-hybridized carbons (Fsp3) is 0.263. The van der Waals surface area contributed by atoms with Gasteiger partial charge in [-0.25, -0.2) is 9.18 Å². The predicted molar refractivity (Wildman–Crippen MR) is 90.9 cm³/mol. The minimum atomic E-state index is -1.10. The summed E-state index contributed by atoms with van der Waals surface area (Å²) >= 11 is 0. The Labute approximate surface area is 149 Å². The summed E-state index contributed by atoms with van der Waals surface area (Å²) in [6, 6.07) is 10.3. The number of amides is 1. The molecule has 1 aliphatic rings. The Hall–Kier alpha value is -3.09. The SMILES string of the molecule is O=C(O)COc1cccc(C(=O)NC2CCCOc3cc(F)ccc32)c1. The van der Waals surface area contributed by atoms with Crippen LogP contribution in [0.2, 0.25) is 0 Å². The first kappa shape index (κ1) is 17.7. The van der Waals surface area contributed by atoms with Gasteiger partial charge in [-0.3, -0.25) is 4.79 Å². The van der Waals surface area contributed by atoms with E-state index < -0.39 is 12.6 Å². The number of nitrogens with one attached hydrogen (secondary N) is 1. The summed E-state index contributed by atoms with van der Waals surface area (Å²) < 4.78 is 24.1. The summed E-state index contributed by atoms with van der Waals surface area (Å²) in [6.07, 6.45) is 1.39. The van der Waals surface area contributed by atoms with Gasteiger partial charge >= 0.3 is 5.97 Å². The molecule has 136 valence electrons. The number of carboxylic acids is 1. The molecule has 1 amide bonds. The van der Waals surface area contributed by atoms with Crippen LogP contribution >= 0.6 is 0 Å². The number of carbonyl (C=O) groups excluding carboxylic acids is 1. The van der Waals surface area contributed by atoms with Crippen molar-refractivity contribution in [1.29, 1.82) is 0 Å². The summed E-state index contributed by atoms with van der Waals surface area (Å²) in [6.45, 7) is -0.0225. The van der Waals surface area contributed by atoms with Crippen molar-refractivity contribution in [3.8, 4) is 11.5 Å². The maximum absolute atomic E-state index is 13.4. The number of rotatable bonds is 5. The molecule has 0 saturated carbocycles. The van der Waals surface area contributed by atoms with Gasteiger partial charge in [-0.05, 0) is 37.1 Å². The molecule has 0 aliphatic carbocycles. The quantitative estimate of drug-likeness (QED) is 0.857. The average Bonchev–Trinajstić information content (AvgIpc) is 2.82. The van der Waals surface area contributed by atoms with E-state index in [1.165, 1.54) is 18.2 Å². The maximum atomic E-state index is 13.4. The first-order chi connectivity index (χ1) is 12.5. The Bertz CT molecular complexity index is 823. The molecule has 0 spiro atoms. The molecule has 2 aromatic rings. The zero-order valence-electron chi connectivity index (χ0n) is 13.9. The van der Waals surface area contributed by atoms with Gasteiger partial charge in [0.2, 0.25) is 0 Å². The van der Waals surface area contributed by atoms with E-state index in [-0.39, 0.29) is 17.8 Å². The Balaban J connectivity index is 1.76. The summed E-state index contributed by atoms with van der Waals surface area (Å²) in [7, 11) is 0. The molecular weight excluding hydrogens is 341 g/mol. The largest absolute Gasteiger partial charge is 0.493 e. The topological polar surface area (TPSA) is 84.9 Å². The molecule has 1 heterocycles. The van der Waals surface area contributed by atoms with E-state index in [1.54, 1.807) is 24.3 Å². The molecule has 6 nitrogen and oxygen atoms in total. The summed E-state index contributed by atoms with van der Waals surface area (Å²) in [4.78, 5) is 23.2. The van der Waals surface area contributed by atoms with Crippen molar-refractivity contribution < 1.29 is 28.6 Å². The molecule has 1 aliphatic heterocycles. The van der Waals surface area contributed by atoms with E-state index in [1.807, 2.05) is 0 Å². The maximum Gasteiger partial charge on any atom is 0.341 e.